The van der Waals surface area contributed by atoms with Crippen molar-refractivity contribution in [2.24, 2.45) is 0 Å². The molecule has 15 heavy (non-hydrogen) atoms. The number of benzene rings is 1. The third kappa shape index (κ3) is 4.40. The van der Waals surface area contributed by atoms with Crippen LogP contribution in [-0.2, 0) is 0 Å². The average molecular weight is 211 g/mol. The zero-order chi connectivity index (χ0) is 11.1. The van der Waals surface area contributed by atoms with E-state index >= 15 is 0 Å². The Hall–Kier alpha value is -0.930. The van der Waals surface area contributed by atoms with Gasteiger partial charge in [-0.3, -0.25) is 0 Å². The molecule has 3 heteroatoms. The predicted molar refractivity (Wildman–Crippen MR) is 59.1 cm³/mol. The van der Waals surface area contributed by atoms with E-state index in [1.807, 2.05) is 6.92 Å². The molecule has 0 saturated heterocycles. The van der Waals surface area contributed by atoms with Crippen molar-refractivity contribution in [1.82, 2.24) is 5.32 Å². The maximum atomic E-state index is 12.7. The first kappa shape index (κ1) is 12.1. The van der Waals surface area contributed by atoms with Crippen molar-refractivity contribution in [2.75, 3.05) is 13.2 Å². The molecule has 0 heterocycles. The molecule has 0 aliphatic carbocycles. The molecule has 2 N–H and O–H groups in total. The number of halogens is 1. The van der Waals surface area contributed by atoms with Crippen molar-refractivity contribution in [3.05, 3.63) is 35.6 Å². The van der Waals surface area contributed by atoms with Crippen LogP contribution in [0.3, 0.4) is 0 Å². The van der Waals surface area contributed by atoms with Gasteiger partial charge in [0.05, 0.1) is 0 Å². The summed E-state index contributed by atoms with van der Waals surface area (Å²) in [4.78, 5) is 0. The van der Waals surface area contributed by atoms with E-state index < -0.39 is 0 Å². The Labute approximate surface area is 90.1 Å². The molecule has 1 rings (SSSR count). The van der Waals surface area contributed by atoms with Crippen molar-refractivity contribution in [3.8, 4) is 0 Å². The van der Waals surface area contributed by atoms with Gasteiger partial charge in [0.25, 0.3) is 0 Å². The number of rotatable bonds is 6. The minimum atomic E-state index is -0.203. The first-order valence-corrected chi connectivity index (χ1v) is 5.33. The molecule has 0 unspecified atom stereocenters. The average Bonchev–Trinajstić information content (AvgIpc) is 2.25. The molecule has 0 saturated carbocycles. The van der Waals surface area contributed by atoms with E-state index in [0.717, 1.165) is 24.9 Å². The normalized spacial score (nSPS) is 12.7. The topological polar surface area (TPSA) is 32.3 Å². The molecule has 1 atom stereocenters. The lowest BCUT2D eigenvalue weighted by Crippen LogP contribution is -2.20. The van der Waals surface area contributed by atoms with Gasteiger partial charge in [0, 0.05) is 12.6 Å². The minimum absolute atomic E-state index is 0.203. The van der Waals surface area contributed by atoms with E-state index in [9.17, 15) is 4.39 Å². The van der Waals surface area contributed by atoms with Crippen molar-refractivity contribution in [2.45, 2.75) is 25.8 Å². The number of aliphatic hydroxyl groups excluding tert-OH is 1. The molecule has 1 aromatic rings. The zero-order valence-electron chi connectivity index (χ0n) is 9.04. The third-order valence-corrected chi connectivity index (χ3v) is 2.41. The molecule has 0 aliphatic rings. The lowest BCUT2D eigenvalue weighted by molar-refractivity contribution is 0.283. The van der Waals surface area contributed by atoms with E-state index in [0.29, 0.717) is 0 Å². The van der Waals surface area contributed by atoms with Crippen LogP contribution >= 0.6 is 0 Å². The molecule has 0 spiro atoms. The van der Waals surface area contributed by atoms with Gasteiger partial charge in [-0.1, -0.05) is 12.1 Å². The highest BCUT2D eigenvalue weighted by atomic mass is 19.1. The number of aliphatic hydroxyl groups is 1. The smallest absolute Gasteiger partial charge is 0.123 e. The summed E-state index contributed by atoms with van der Waals surface area (Å²) in [5.41, 5.74) is 1.08. The van der Waals surface area contributed by atoms with E-state index in [1.165, 1.54) is 12.1 Å². The van der Waals surface area contributed by atoms with E-state index in [4.69, 9.17) is 5.11 Å². The summed E-state index contributed by atoms with van der Waals surface area (Å²) in [6, 6.07) is 6.75. The van der Waals surface area contributed by atoms with Crippen molar-refractivity contribution in [1.29, 1.82) is 0 Å². The summed E-state index contributed by atoms with van der Waals surface area (Å²) in [6.07, 6.45) is 1.78. The Kier molecular flexibility index (Phi) is 5.29. The fraction of sp³-hybridized carbons (Fsp3) is 0.500. The number of nitrogens with one attached hydrogen (secondary N) is 1. The Morgan fingerprint density at radius 1 is 1.27 bits per heavy atom. The van der Waals surface area contributed by atoms with Gasteiger partial charge in [0.15, 0.2) is 0 Å². The highest BCUT2D eigenvalue weighted by Gasteiger charge is 2.03. The van der Waals surface area contributed by atoms with E-state index in [1.54, 1.807) is 12.1 Å². The summed E-state index contributed by atoms with van der Waals surface area (Å²) >= 11 is 0. The number of unbranched alkanes of at least 4 members (excludes halogenated alkanes) is 1. The summed E-state index contributed by atoms with van der Waals surface area (Å²) in [5, 5.41) is 11.9. The highest BCUT2D eigenvalue weighted by Crippen LogP contribution is 2.12. The van der Waals surface area contributed by atoms with Gasteiger partial charge in [-0.15, -0.1) is 0 Å². The largest absolute Gasteiger partial charge is 0.396 e. The molecule has 84 valence electrons. The zero-order valence-corrected chi connectivity index (χ0v) is 9.04. The SMILES string of the molecule is C[C@@H](NCCCCO)c1ccc(F)cc1. The summed E-state index contributed by atoms with van der Waals surface area (Å²) in [6.45, 7) is 3.16. The van der Waals surface area contributed by atoms with Crippen LogP contribution < -0.4 is 5.32 Å². The number of hydrogen-bond acceptors (Lipinski definition) is 2. The Bertz CT molecular complexity index is 273. The maximum Gasteiger partial charge on any atom is 0.123 e. The molecular weight excluding hydrogens is 193 g/mol. The summed E-state index contributed by atoms with van der Waals surface area (Å²) < 4.78 is 12.7. The van der Waals surface area contributed by atoms with Gasteiger partial charge in [-0.2, -0.15) is 0 Å². The molecule has 2 nitrogen and oxygen atoms in total. The molecule has 1 aromatic carbocycles. The Balaban J connectivity index is 2.33. The summed E-state index contributed by atoms with van der Waals surface area (Å²) in [5.74, 6) is -0.203. The second-order valence-electron chi connectivity index (χ2n) is 3.66. The van der Waals surface area contributed by atoms with Crippen molar-refractivity contribution >= 4 is 0 Å². The van der Waals surface area contributed by atoms with E-state index in [2.05, 4.69) is 5.32 Å². The second-order valence-corrected chi connectivity index (χ2v) is 3.66. The van der Waals surface area contributed by atoms with Crippen LogP contribution in [0, 0.1) is 5.82 Å². The Morgan fingerprint density at radius 2 is 1.93 bits per heavy atom. The van der Waals surface area contributed by atoms with Crippen molar-refractivity contribution < 1.29 is 9.50 Å². The summed E-state index contributed by atoms with van der Waals surface area (Å²) in [7, 11) is 0. The standard InChI is InChI=1S/C12H18FNO/c1-10(14-8-2-3-9-15)11-4-6-12(13)7-5-11/h4-7,10,14-15H,2-3,8-9H2,1H3/t10-/m1/s1. The fourth-order valence-electron chi connectivity index (χ4n) is 1.42. The first-order chi connectivity index (χ1) is 7.24. The van der Waals surface area contributed by atoms with Crippen LogP contribution in [0.25, 0.3) is 0 Å². The van der Waals surface area contributed by atoms with Crippen LogP contribution in [0.5, 0.6) is 0 Å². The van der Waals surface area contributed by atoms with Crippen molar-refractivity contribution in [3.63, 3.8) is 0 Å². The highest BCUT2D eigenvalue weighted by molar-refractivity contribution is 5.19. The van der Waals surface area contributed by atoms with Gasteiger partial charge in [0.1, 0.15) is 5.82 Å². The van der Waals surface area contributed by atoms with Crippen LogP contribution in [0.15, 0.2) is 24.3 Å². The van der Waals surface area contributed by atoms with Crippen LogP contribution in [0.2, 0.25) is 0 Å². The quantitative estimate of drug-likeness (QED) is 0.707. The minimum Gasteiger partial charge on any atom is -0.396 e. The molecule has 0 radical (unpaired) electrons. The first-order valence-electron chi connectivity index (χ1n) is 5.33. The monoisotopic (exact) mass is 211 g/mol. The van der Waals surface area contributed by atoms with Gasteiger partial charge >= 0.3 is 0 Å². The van der Waals surface area contributed by atoms with Gasteiger partial charge in [-0.05, 0) is 44.0 Å². The molecule has 0 aliphatic heterocycles. The van der Waals surface area contributed by atoms with Crippen LogP contribution in [0.1, 0.15) is 31.4 Å². The number of hydrogen-bond donors (Lipinski definition) is 2. The van der Waals surface area contributed by atoms with Gasteiger partial charge in [-0.25, -0.2) is 4.39 Å². The second kappa shape index (κ2) is 6.53. The lowest BCUT2D eigenvalue weighted by Gasteiger charge is -2.13. The van der Waals surface area contributed by atoms with Crippen LogP contribution in [0.4, 0.5) is 4.39 Å². The lowest BCUT2D eigenvalue weighted by atomic mass is 10.1. The molecular formula is C12H18FNO. The molecule has 0 amide bonds. The fourth-order valence-corrected chi connectivity index (χ4v) is 1.42. The molecule has 0 bridgehead atoms. The predicted octanol–water partition coefficient (Wildman–Crippen LogP) is 2.25. The Morgan fingerprint density at radius 3 is 2.53 bits per heavy atom. The maximum absolute atomic E-state index is 12.7. The van der Waals surface area contributed by atoms with Gasteiger partial charge in [0.2, 0.25) is 0 Å². The molecule has 0 fully saturated rings. The third-order valence-electron chi connectivity index (χ3n) is 2.41. The molecule has 0 aromatic heterocycles. The van der Waals surface area contributed by atoms with E-state index in [-0.39, 0.29) is 18.5 Å². The van der Waals surface area contributed by atoms with Crippen LogP contribution in [-0.4, -0.2) is 18.3 Å². The van der Waals surface area contributed by atoms with Gasteiger partial charge < -0.3 is 10.4 Å².